The molecule has 2 fully saturated rings. The van der Waals surface area contributed by atoms with E-state index in [0.29, 0.717) is 0 Å². The van der Waals surface area contributed by atoms with Crippen molar-refractivity contribution in [2.45, 2.75) is 0 Å². The van der Waals surface area contributed by atoms with E-state index in [-0.39, 0.29) is 0 Å². The summed E-state index contributed by atoms with van der Waals surface area (Å²) in [6.45, 7) is 0. The second-order valence-electron chi connectivity index (χ2n) is 4.15. The van der Waals surface area contributed by atoms with Gasteiger partial charge in [-0.2, -0.15) is 0 Å². The lowest BCUT2D eigenvalue weighted by Gasteiger charge is -2.14. The van der Waals surface area contributed by atoms with E-state index >= 15 is 0 Å². The third-order valence-corrected chi connectivity index (χ3v) is 4.46. The Morgan fingerprint density at radius 3 is 1.03 bits per heavy atom. The molecule has 21 nitrogen and oxygen atoms in total. The van der Waals surface area contributed by atoms with Crippen LogP contribution in [0.1, 0.15) is 0 Å². The van der Waals surface area contributed by atoms with Crippen LogP contribution in [0.25, 0.3) is 0 Å². The fourth-order valence-corrected chi connectivity index (χ4v) is 2.75. The predicted octanol–water partition coefficient (Wildman–Crippen LogP) is 0.263. The molecule has 32 heavy (non-hydrogen) atoms. The lowest BCUT2D eigenvalue weighted by Crippen LogP contribution is -2.40. The highest BCUT2D eigenvalue weighted by atomic mass is 27.3. The minimum Gasteiger partial charge on any atom is -0.518 e. The maximum Gasteiger partial charge on any atom is 1.21 e. The van der Waals surface area contributed by atoms with Crippen molar-refractivity contribution in [3.8, 4) is 0 Å². The van der Waals surface area contributed by atoms with Crippen molar-refractivity contribution in [1.29, 1.82) is 0 Å². The third-order valence-electron chi connectivity index (χ3n) is 2.15. The summed E-state index contributed by atoms with van der Waals surface area (Å²) >= 11 is -8.24. The van der Waals surface area contributed by atoms with Crippen molar-refractivity contribution in [3.63, 3.8) is 0 Å². The highest BCUT2D eigenvalue weighted by Gasteiger charge is 2.55. The van der Waals surface area contributed by atoms with E-state index in [1.807, 2.05) is 0 Å². The summed E-state index contributed by atoms with van der Waals surface area (Å²) < 4.78 is 47.4. The van der Waals surface area contributed by atoms with Crippen molar-refractivity contribution >= 4 is 85.7 Å². The Morgan fingerprint density at radius 1 is 0.469 bits per heavy atom. The molecule has 2 aliphatic rings. The van der Waals surface area contributed by atoms with Gasteiger partial charge in [0.2, 0.25) is 0 Å². The summed E-state index contributed by atoms with van der Waals surface area (Å²) in [6.07, 6.45) is -17.1. The maximum atomic E-state index is 11.4. The van der Waals surface area contributed by atoms with Crippen LogP contribution in [0, 0.1) is 0 Å². The molecule has 23 heteroatoms. The molecule has 0 radical (unpaired) electrons. The van der Waals surface area contributed by atoms with Gasteiger partial charge in [-0.05, 0) is 0 Å². The lowest BCUT2D eigenvalue weighted by molar-refractivity contribution is 0.0188. The highest BCUT2D eigenvalue weighted by Crippen LogP contribution is 2.08. The zero-order chi connectivity index (χ0) is 23.8. The van der Waals surface area contributed by atoms with Gasteiger partial charge in [-0.1, -0.05) is 0 Å². The van der Waals surface area contributed by atoms with Crippen LogP contribution >= 0.6 is 0 Å². The second kappa shape index (κ2) is 10.6. The number of hydrogen-bond acceptors (Lipinski definition) is 21. The number of carbonyl (C=O) groups excluding carboxylic acids is 9. The molecule has 2 heterocycles. The Labute approximate surface area is 180 Å². The molecule has 168 valence electrons. The summed E-state index contributed by atoms with van der Waals surface area (Å²) in [7, 11) is 0. The molecule has 2 aliphatic heterocycles. The first kappa shape index (κ1) is 24.0. The molecular formula is C9Al2O21. The van der Waals surface area contributed by atoms with Crippen LogP contribution in [0.3, 0.4) is 0 Å². The SMILES string of the molecule is O=C1OC(=O)[O][Al]([O]C(=O)OC(=O)OC(=O)[O][Al]2[O]C(=O)OC(=O)OC(=O)[O]2)[O]C(=O)O1. The Kier molecular flexibility index (Phi) is 7.97. The molecular weight excluding hydrogens is 498 g/mol. The fourth-order valence-electron chi connectivity index (χ4n) is 1.23. The molecule has 0 aromatic rings. The average molecular weight is 498 g/mol. The molecule has 0 atom stereocenters. The second-order valence-corrected chi connectivity index (χ2v) is 6.72. The minimum absolute atomic E-state index is 1.80. The van der Waals surface area contributed by atoms with Gasteiger partial charge in [0.25, 0.3) is 0 Å². The molecule has 0 aromatic heterocycles. The molecule has 2 saturated heterocycles. The van der Waals surface area contributed by atoms with Crippen molar-refractivity contribution in [2.75, 3.05) is 0 Å². The van der Waals surface area contributed by atoms with Crippen molar-refractivity contribution in [2.24, 2.45) is 0 Å². The van der Waals surface area contributed by atoms with Crippen LogP contribution in [0.4, 0.5) is 43.2 Å². The van der Waals surface area contributed by atoms with Gasteiger partial charge in [0.15, 0.2) is 0 Å². The van der Waals surface area contributed by atoms with Crippen LogP contribution in [0.15, 0.2) is 0 Å². The molecule has 0 unspecified atom stereocenters. The molecule has 0 amide bonds. The summed E-state index contributed by atoms with van der Waals surface area (Å²) in [5, 5.41) is 0. The predicted molar refractivity (Wildman–Crippen MR) is 73.1 cm³/mol. The van der Waals surface area contributed by atoms with Gasteiger partial charge in [-0.25, -0.2) is 43.2 Å². The van der Waals surface area contributed by atoms with Crippen LogP contribution < -0.4 is 0 Å². The number of cyclic esters (lactones) is 8. The smallest absolute Gasteiger partial charge is 0.518 e. The molecule has 2 rings (SSSR count). The normalized spacial score (nSPS) is 16.2. The van der Waals surface area contributed by atoms with E-state index in [0.717, 1.165) is 0 Å². The summed E-state index contributed by atoms with van der Waals surface area (Å²) in [5.41, 5.74) is 0. The van der Waals surface area contributed by atoms with Crippen LogP contribution in [-0.4, -0.2) is 85.7 Å². The molecule has 0 spiro atoms. The molecule has 0 aromatic carbocycles. The standard InChI is InChI=1S/3C3H2O7.2Al/c3*4-1(5)9-3(8)10-2(6)7;;/h3*(H,4,5)(H,6,7);;/q;;;2*+3/p-6. The van der Waals surface area contributed by atoms with Crippen molar-refractivity contribution in [1.82, 2.24) is 0 Å². The van der Waals surface area contributed by atoms with E-state index in [1.54, 1.807) is 0 Å². The van der Waals surface area contributed by atoms with Crippen molar-refractivity contribution < 1.29 is 94.3 Å². The monoisotopic (exact) mass is 498 g/mol. The fraction of sp³-hybridized carbons (Fsp3) is 0. The maximum absolute atomic E-state index is 11.4. The first-order valence-corrected chi connectivity index (χ1v) is 9.75. The minimum atomic E-state index is -4.12. The van der Waals surface area contributed by atoms with E-state index < -0.39 is 85.7 Å². The van der Waals surface area contributed by atoms with E-state index in [9.17, 15) is 43.2 Å². The topological polar surface area (TPSA) is 264 Å². The Balaban J connectivity index is 1.81. The summed E-state index contributed by atoms with van der Waals surface area (Å²) in [6, 6.07) is 0. The van der Waals surface area contributed by atoms with Gasteiger partial charge in [-0.15, -0.1) is 0 Å². The first-order valence-electron chi connectivity index (χ1n) is 6.93. The largest absolute Gasteiger partial charge is 1.21 e. The Morgan fingerprint density at radius 2 is 0.750 bits per heavy atom. The molecule has 0 bridgehead atoms. The Bertz CT molecular complexity index is 776. The van der Waals surface area contributed by atoms with Crippen LogP contribution in [0.2, 0.25) is 0 Å². The van der Waals surface area contributed by atoms with E-state index in [2.05, 4.69) is 51.2 Å². The van der Waals surface area contributed by atoms with Crippen LogP contribution in [0.5, 0.6) is 0 Å². The zero-order valence-electron chi connectivity index (χ0n) is 14.2. The number of carbonyl (C=O) groups is 9. The van der Waals surface area contributed by atoms with E-state index in [4.69, 9.17) is 0 Å². The van der Waals surface area contributed by atoms with Gasteiger partial charge in [0.05, 0.1) is 0 Å². The van der Waals surface area contributed by atoms with Gasteiger partial charge < -0.3 is 51.2 Å². The van der Waals surface area contributed by atoms with Crippen LogP contribution in [-0.2, 0) is 51.2 Å². The van der Waals surface area contributed by atoms with E-state index in [1.165, 1.54) is 0 Å². The van der Waals surface area contributed by atoms with Crippen molar-refractivity contribution in [3.05, 3.63) is 0 Å². The summed E-state index contributed by atoms with van der Waals surface area (Å²) in [5.74, 6) is 0. The third kappa shape index (κ3) is 8.21. The zero-order valence-corrected chi connectivity index (χ0v) is 16.5. The van der Waals surface area contributed by atoms with Gasteiger partial charge in [-0.3, -0.25) is 0 Å². The van der Waals surface area contributed by atoms with Gasteiger partial charge in [0, 0.05) is 0 Å². The summed E-state index contributed by atoms with van der Waals surface area (Å²) in [4.78, 5) is 99.6. The Hall–Kier alpha value is -4.31. The first-order chi connectivity index (χ1) is 15.0. The highest BCUT2D eigenvalue weighted by molar-refractivity contribution is 6.44. The van der Waals surface area contributed by atoms with Gasteiger partial charge in [0.1, 0.15) is 0 Å². The lowest BCUT2D eigenvalue weighted by atomic mass is 11.2. The number of hydrogen-bond donors (Lipinski definition) is 0. The quantitative estimate of drug-likeness (QED) is 0.214. The molecule has 0 aliphatic carbocycles. The molecule has 0 saturated carbocycles. The number of rotatable bonds is 2. The number of ether oxygens (including phenoxy) is 6. The molecule has 0 N–H and O–H groups in total. The average Bonchev–Trinajstić information content (AvgIpc) is 2.57. The van der Waals surface area contributed by atoms with Gasteiger partial charge >= 0.3 is 85.7 Å².